The molecule has 0 spiro atoms. The molecule has 1 atom stereocenters. The number of hydrogen-bond donors (Lipinski definition) is 1. The molecule has 0 bridgehead atoms. The van der Waals surface area contributed by atoms with Crippen molar-refractivity contribution in [3.8, 4) is 0 Å². The summed E-state index contributed by atoms with van der Waals surface area (Å²) >= 11 is 5.24. The van der Waals surface area contributed by atoms with Gasteiger partial charge >= 0.3 is 0 Å². The maximum atomic E-state index is 6.23. The number of rotatable bonds is 4. The van der Waals surface area contributed by atoms with Gasteiger partial charge in [-0.2, -0.15) is 0 Å². The molecule has 0 amide bonds. The van der Waals surface area contributed by atoms with Crippen molar-refractivity contribution in [2.75, 3.05) is 0 Å². The van der Waals surface area contributed by atoms with Crippen molar-refractivity contribution in [3.63, 3.8) is 0 Å². The quantitative estimate of drug-likeness (QED) is 0.941. The number of nitrogens with zero attached hydrogens (tertiary/aromatic N) is 2. The smallest absolute Gasteiger partial charge is 0.110 e. The molecule has 17 heavy (non-hydrogen) atoms. The first kappa shape index (κ1) is 12.8. The minimum atomic E-state index is 0.0256. The summed E-state index contributed by atoms with van der Waals surface area (Å²) in [5.74, 6) is 1.06. The fraction of sp³-hybridized carbons (Fsp3) is 0.417. The zero-order valence-electron chi connectivity index (χ0n) is 9.98. The lowest BCUT2D eigenvalue weighted by atomic mass is 10.1. The fourth-order valence-corrected chi connectivity index (χ4v) is 3.35. The molecular weight excluding hydrogens is 298 g/mol. The summed E-state index contributed by atoms with van der Waals surface area (Å²) in [7, 11) is 0. The van der Waals surface area contributed by atoms with Crippen LogP contribution in [-0.4, -0.2) is 9.55 Å². The summed E-state index contributed by atoms with van der Waals surface area (Å²) in [5.41, 5.74) is 7.48. The van der Waals surface area contributed by atoms with Crippen molar-refractivity contribution < 1.29 is 0 Å². The van der Waals surface area contributed by atoms with Crippen LogP contribution in [-0.2, 0) is 13.0 Å². The minimum absolute atomic E-state index is 0.0256. The first-order chi connectivity index (χ1) is 8.11. The number of aromatic nitrogens is 2. The molecule has 2 N–H and O–H groups in total. The molecule has 2 aromatic rings. The highest BCUT2D eigenvalue weighted by Crippen LogP contribution is 2.31. The Morgan fingerprint density at radius 1 is 1.59 bits per heavy atom. The number of halogens is 1. The van der Waals surface area contributed by atoms with Crippen molar-refractivity contribution in [1.29, 1.82) is 0 Å². The molecule has 2 aromatic heterocycles. The fourth-order valence-electron chi connectivity index (χ4n) is 1.78. The maximum Gasteiger partial charge on any atom is 0.110 e. The maximum absolute atomic E-state index is 6.23. The van der Waals surface area contributed by atoms with Gasteiger partial charge in [0.1, 0.15) is 5.82 Å². The van der Waals surface area contributed by atoms with E-state index in [1.807, 2.05) is 12.4 Å². The number of nitrogens with two attached hydrogens (primary N) is 1. The van der Waals surface area contributed by atoms with Gasteiger partial charge in [-0.1, -0.05) is 0 Å². The SMILES string of the molecule is CCn1ccnc1CC(N)c1cc(C)c(Br)s1. The molecule has 0 fully saturated rings. The van der Waals surface area contributed by atoms with E-state index in [2.05, 4.69) is 45.4 Å². The van der Waals surface area contributed by atoms with Crippen LogP contribution in [0.5, 0.6) is 0 Å². The Bertz CT molecular complexity index is 484. The third kappa shape index (κ3) is 2.78. The molecular formula is C12H16BrN3S. The predicted octanol–water partition coefficient (Wildman–Crippen LogP) is 3.28. The van der Waals surface area contributed by atoms with Gasteiger partial charge in [0.2, 0.25) is 0 Å². The summed E-state index contributed by atoms with van der Waals surface area (Å²) in [5, 5.41) is 0. The Morgan fingerprint density at radius 3 is 2.94 bits per heavy atom. The number of thiophene rings is 1. The van der Waals surface area contributed by atoms with Crippen molar-refractivity contribution in [2.24, 2.45) is 5.73 Å². The van der Waals surface area contributed by atoms with Crippen LogP contribution >= 0.6 is 27.3 Å². The van der Waals surface area contributed by atoms with Crippen LogP contribution in [0.15, 0.2) is 22.2 Å². The largest absolute Gasteiger partial charge is 0.335 e. The Labute approximate surface area is 114 Å². The van der Waals surface area contributed by atoms with Gasteiger partial charge in [0.25, 0.3) is 0 Å². The van der Waals surface area contributed by atoms with Gasteiger partial charge in [-0.15, -0.1) is 11.3 Å². The van der Waals surface area contributed by atoms with Crippen LogP contribution in [0, 0.1) is 6.92 Å². The van der Waals surface area contributed by atoms with E-state index in [-0.39, 0.29) is 6.04 Å². The molecule has 0 aromatic carbocycles. The number of aryl methyl sites for hydroxylation is 2. The molecule has 92 valence electrons. The van der Waals surface area contributed by atoms with Crippen molar-refractivity contribution >= 4 is 27.3 Å². The van der Waals surface area contributed by atoms with Gasteiger partial charge < -0.3 is 10.3 Å². The Morgan fingerprint density at radius 2 is 2.35 bits per heavy atom. The Balaban J connectivity index is 2.14. The van der Waals surface area contributed by atoms with Crippen molar-refractivity contribution in [3.05, 3.63) is 38.5 Å². The normalized spacial score (nSPS) is 12.9. The van der Waals surface area contributed by atoms with Crippen LogP contribution in [0.2, 0.25) is 0 Å². The summed E-state index contributed by atoms with van der Waals surface area (Å²) in [6.07, 6.45) is 4.62. The molecule has 1 unspecified atom stereocenters. The van der Waals surface area contributed by atoms with Crippen LogP contribution in [0.4, 0.5) is 0 Å². The standard InChI is InChI=1S/C12H16BrN3S/c1-3-16-5-4-15-11(16)7-9(14)10-6-8(2)12(13)17-10/h4-6,9H,3,7,14H2,1-2H3. The molecule has 0 radical (unpaired) electrons. The third-order valence-corrected chi connectivity index (χ3v) is 5.06. The van der Waals surface area contributed by atoms with E-state index in [1.54, 1.807) is 11.3 Å². The second-order valence-electron chi connectivity index (χ2n) is 4.05. The molecule has 3 nitrogen and oxygen atoms in total. The third-order valence-electron chi connectivity index (χ3n) is 2.79. The van der Waals surface area contributed by atoms with Crippen molar-refractivity contribution in [2.45, 2.75) is 32.9 Å². The second-order valence-corrected chi connectivity index (χ2v) is 6.45. The molecule has 5 heteroatoms. The van der Waals surface area contributed by atoms with Crippen molar-refractivity contribution in [1.82, 2.24) is 9.55 Å². The second kappa shape index (κ2) is 5.33. The summed E-state index contributed by atoms with van der Waals surface area (Å²) < 4.78 is 3.30. The number of imidazole rings is 1. The zero-order chi connectivity index (χ0) is 12.4. The molecule has 0 aliphatic carbocycles. The lowest BCUT2D eigenvalue weighted by Gasteiger charge is -2.10. The molecule has 0 aliphatic heterocycles. The first-order valence-corrected chi connectivity index (χ1v) is 7.24. The van der Waals surface area contributed by atoms with Gasteiger partial charge in [-0.05, 0) is 41.4 Å². The summed E-state index contributed by atoms with van der Waals surface area (Å²) in [4.78, 5) is 5.57. The van der Waals surface area contributed by atoms with E-state index < -0.39 is 0 Å². The first-order valence-electron chi connectivity index (χ1n) is 5.63. The molecule has 0 saturated heterocycles. The van der Waals surface area contributed by atoms with E-state index in [0.29, 0.717) is 0 Å². The van der Waals surface area contributed by atoms with Crippen LogP contribution in [0.3, 0.4) is 0 Å². The van der Waals surface area contributed by atoms with Crippen LogP contribution < -0.4 is 5.73 Å². The van der Waals surface area contributed by atoms with E-state index in [1.165, 1.54) is 14.2 Å². The Hall–Kier alpha value is -0.650. The lowest BCUT2D eigenvalue weighted by Crippen LogP contribution is -2.15. The Kier molecular flexibility index (Phi) is 4.01. The van der Waals surface area contributed by atoms with E-state index in [9.17, 15) is 0 Å². The molecule has 0 aliphatic rings. The average molecular weight is 314 g/mol. The van der Waals surface area contributed by atoms with E-state index >= 15 is 0 Å². The average Bonchev–Trinajstić information content (AvgIpc) is 2.86. The highest BCUT2D eigenvalue weighted by Gasteiger charge is 2.14. The van der Waals surface area contributed by atoms with E-state index in [0.717, 1.165) is 18.8 Å². The summed E-state index contributed by atoms with van der Waals surface area (Å²) in [6.45, 7) is 5.14. The minimum Gasteiger partial charge on any atom is -0.335 e. The molecule has 2 heterocycles. The monoisotopic (exact) mass is 313 g/mol. The molecule has 2 rings (SSSR count). The number of hydrogen-bond acceptors (Lipinski definition) is 3. The molecule has 0 saturated carbocycles. The lowest BCUT2D eigenvalue weighted by molar-refractivity contribution is 0.634. The predicted molar refractivity (Wildman–Crippen MR) is 75.3 cm³/mol. The highest BCUT2D eigenvalue weighted by atomic mass is 79.9. The highest BCUT2D eigenvalue weighted by molar-refractivity contribution is 9.11. The van der Waals surface area contributed by atoms with Gasteiger partial charge in [-0.3, -0.25) is 0 Å². The zero-order valence-corrected chi connectivity index (χ0v) is 12.4. The van der Waals surface area contributed by atoms with Gasteiger partial charge in [-0.25, -0.2) is 4.98 Å². The van der Waals surface area contributed by atoms with Crippen LogP contribution in [0.1, 0.15) is 29.2 Å². The summed E-state index contributed by atoms with van der Waals surface area (Å²) in [6, 6.07) is 2.18. The van der Waals surface area contributed by atoms with E-state index in [4.69, 9.17) is 5.73 Å². The van der Waals surface area contributed by atoms with Crippen LogP contribution in [0.25, 0.3) is 0 Å². The van der Waals surface area contributed by atoms with Gasteiger partial charge in [0.15, 0.2) is 0 Å². The van der Waals surface area contributed by atoms with Gasteiger partial charge in [0, 0.05) is 36.3 Å². The van der Waals surface area contributed by atoms with Gasteiger partial charge in [0.05, 0.1) is 3.79 Å². The topological polar surface area (TPSA) is 43.8 Å².